The van der Waals surface area contributed by atoms with E-state index in [0.717, 1.165) is 5.75 Å². The normalized spacial score (nSPS) is 9.77. The molecule has 1 aromatic carbocycles. The summed E-state index contributed by atoms with van der Waals surface area (Å²) in [6.45, 7) is 8.13. The molecule has 0 amide bonds. The van der Waals surface area contributed by atoms with E-state index in [1.54, 1.807) is 6.08 Å². The SMILES string of the molecule is C=CCOc1cc(C)c(C)cc1Cl. The van der Waals surface area contributed by atoms with E-state index in [1.807, 2.05) is 26.0 Å². The monoisotopic (exact) mass is 196 g/mol. The highest BCUT2D eigenvalue weighted by atomic mass is 35.5. The lowest BCUT2D eigenvalue weighted by atomic mass is 10.1. The van der Waals surface area contributed by atoms with Crippen LogP contribution in [-0.2, 0) is 0 Å². The number of hydrogen-bond donors (Lipinski definition) is 0. The van der Waals surface area contributed by atoms with Gasteiger partial charge in [0.15, 0.2) is 0 Å². The Bertz CT molecular complexity index is 318. The average Bonchev–Trinajstić information content (AvgIpc) is 2.09. The van der Waals surface area contributed by atoms with Gasteiger partial charge in [-0.15, -0.1) is 0 Å². The second-order valence-corrected chi connectivity index (χ2v) is 3.37. The average molecular weight is 197 g/mol. The van der Waals surface area contributed by atoms with Crippen molar-refractivity contribution in [2.45, 2.75) is 13.8 Å². The van der Waals surface area contributed by atoms with Gasteiger partial charge in [0.1, 0.15) is 12.4 Å². The van der Waals surface area contributed by atoms with E-state index in [9.17, 15) is 0 Å². The Hall–Kier alpha value is -0.950. The summed E-state index contributed by atoms with van der Waals surface area (Å²) >= 11 is 5.98. The fourth-order valence-corrected chi connectivity index (χ4v) is 1.29. The minimum atomic E-state index is 0.488. The second-order valence-electron chi connectivity index (χ2n) is 2.97. The third kappa shape index (κ3) is 2.49. The van der Waals surface area contributed by atoms with Gasteiger partial charge in [0.2, 0.25) is 0 Å². The molecular weight excluding hydrogens is 184 g/mol. The molecule has 1 nitrogen and oxygen atoms in total. The highest BCUT2D eigenvalue weighted by Gasteiger charge is 2.03. The van der Waals surface area contributed by atoms with Gasteiger partial charge in [-0.3, -0.25) is 0 Å². The van der Waals surface area contributed by atoms with Crippen molar-refractivity contribution in [3.8, 4) is 5.75 Å². The van der Waals surface area contributed by atoms with Crippen LogP contribution in [0.1, 0.15) is 11.1 Å². The first kappa shape index (κ1) is 10.1. The molecule has 0 fully saturated rings. The third-order valence-corrected chi connectivity index (χ3v) is 2.20. The van der Waals surface area contributed by atoms with E-state index in [2.05, 4.69) is 6.58 Å². The topological polar surface area (TPSA) is 9.23 Å². The number of hydrogen-bond acceptors (Lipinski definition) is 1. The van der Waals surface area contributed by atoms with Gasteiger partial charge in [-0.1, -0.05) is 24.3 Å². The Kier molecular flexibility index (Phi) is 3.38. The van der Waals surface area contributed by atoms with Crippen molar-refractivity contribution in [1.29, 1.82) is 0 Å². The van der Waals surface area contributed by atoms with Gasteiger partial charge >= 0.3 is 0 Å². The summed E-state index contributed by atoms with van der Waals surface area (Å²) in [5.41, 5.74) is 2.36. The van der Waals surface area contributed by atoms with Crippen LogP contribution in [0.3, 0.4) is 0 Å². The van der Waals surface area contributed by atoms with Crippen LogP contribution < -0.4 is 4.74 Å². The molecule has 1 aromatic rings. The maximum atomic E-state index is 5.98. The van der Waals surface area contributed by atoms with Gasteiger partial charge in [0.25, 0.3) is 0 Å². The molecule has 0 heterocycles. The lowest BCUT2D eigenvalue weighted by Crippen LogP contribution is -1.94. The number of rotatable bonds is 3. The summed E-state index contributed by atoms with van der Waals surface area (Å²) in [5.74, 6) is 0.727. The molecule has 0 bridgehead atoms. The van der Waals surface area contributed by atoms with E-state index in [4.69, 9.17) is 16.3 Å². The third-order valence-electron chi connectivity index (χ3n) is 1.90. The van der Waals surface area contributed by atoms with Crippen LogP contribution >= 0.6 is 11.6 Å². The van der Waals surface area contributed by atoms with Crippen molar-refractivity contribution in [2.24, 2.45) is 0 Å². The molecule has 0 spiro atoms. The number of halogens is 1. The molecule has 0 unspecified atom stereocenters. The summed E-state index contributed by atoms with van der Waals surface area (Å²) in [4.78, 5) is 0. The van der Waals surface area contributed by atoms with Crippen molar-refractivity contribution in [3.05, 3.63) is 40.9 Å². The van der Waals surface area contributed by atoms with E-state index in [1.165, 1.54) is 11.1 Å². The first-order valence-electron chi connectivity index (χ1n) is 4.15. The van der Waals surface area contributed by atoms with Crippen LogP contribution in [0, 0.1) is 13.8 Å². The Morgan fingerprint density at radius 2 is 2.00 bits per heavy atom. The molecule has 2 heteroatoms. The molecule has 0 radical (unpaired) electrons. The van der Waals surface area contributed by atoms with Crippen molar-refractivity contribution in [2.75, 3.05) is 6.61 Å². The zero-order chi connectivity index (χ0) is 9.84. The number of benzene rings is 1. The molecule has 70 valence electrons. The summed E-state index contributed by atoms with van der Waals surface area (Å²) in [5, 5.41) is 0.657. The molecule has 0 atom stereocenters. The highest BCUT2D eigenvalue weighted by molar-refractivity contribution is 6.32. The number of aryl methyl sites for hydroxylation is 2. The first-order chi connectivity index (χ1) is 6.15. The molecule has 0 saturated carbocycles. The predicted molar refractivity (Wildman–Crippen MR) is 56.6 cm³/mol. The molecule has 1 rings (SSSR count). The minimum absolute atomic E-state index is 0.488. The lowest BCUT2D eigenvalue weighted by Gasteiger charge is -2.08. The van der Waals surface area contributed by atoms with Gasteiger partial charge < -0.3 is 4.74 Å². The van der Waals surface area contributed by atoms with Gasteiger partial charge in [-0.05, 0) is 37.1 Å². The first-order valence-corrected chi connectivity index (χ1v) is 4.53. The van der Waals surface area contributed by atoms with Gasteiger partial charge in [-0.2, -0.15) is 0 Å². The summed E-state index contributed by atoms with van der Waals surface area (Å²) in [6, 6.07) is 3.86. The van der Waals surface area contributed by atoms with Crippen molar-refractivity contribution < 1.29 is 4.74 Å². The second kappa shape index (κ2) is 4.33. The van der Waals surface area contributed by atoms with Crippen LogP contribution in [0.2, 0.25) is 5.02 Å². The van der Waals surface area contributed by atoms with E-state index in [0.29, 0.717) is 11.6 Å². The van der Waals surface area contributed by atoms with Gasteiger partial charge in [-0.25, -0.2) is 0 Å². The summed E-state index contributed by atoms with van der Waals surface area (Å²) < 4.78 is 5.37. The molecule has 0 aliphatic rings. The van der Waals surface area contributed by atoms with E-state index in [-0.39, 0.29) is 0 Å². The Morgan fingerprint density at radius 1 is 1.38 bits per heavy atom. The number of ether oxygens (including phenoxy) is 1. The van der Waals surface area contributed by atoms with Crippen molar-refractivity contribution in [3.63, 3.8) is 0 Å². The zero-order valence-corrected chi connectivity index (χ0v) is 8.69. The van der Waals surface area contributed by atoms with Crippen LogP contribution in [-0.4, -0.2) is 6.61 Å². The van der Waals surface area contributed by atoms with Crippen molar-refractivity contribution in [1.82, 2.24) is 0 Å². The van der Waals surface area contributed by atoms with Crippen LogP contribution in [0.25, 0.3) is 0 Å². The predicted octanol–water partition coefficient (Wildman–Crippen LogP) is 3.52. The zero-order valence-electron chi connectivity index (χ0n) is 7.93. The largest absolute Gasteiger partial charge is 0.488 e. The van der Waals surface area contributed by atoms with Gasteiger partial charge in [0.05, 0.1) is 5.02 Å². The molecule has 13 heavy (non-hydrogen) atoms. The van der Waals surface area contributed by atoms with E-state index >= 15 is 0 Å². The summed E-state index contributed by atoms with van der Waals surface area (Å²) in [7, 11) is 0. The maximum Gasteiger partial charge on any atom is 0.138 e. The fraction of sp³-hybridized carbons (Fsp3) is 0.273. The molecule has 0 aromatic heterocycles. The smallest absolute Gasteiger partial charge is 0.138 e. The van der Waals surface area contributed by atoms with E-state index < -0.39 is 0 Å². The quantitative estimate of drug-likeness (QED) is 0.673. The van der Waals surface area contributed by atoms with Crippen LogP contribution in [0.5, 0.6) is 5.75 Å². The molecule has 0 aliphatic carbocycles. The highest BCUT2D eigenvalue weighted by Crippen LogP contribution is 2.27. The Morgan fingerprint density at radius 3 is 2.62 bits per heavy atom. The Labute approximate surface area is 84.0 Å². The van der Waals surface area contributed by atoms with Crippen LogP contribution in [0.15, 0.2) is 24.8 Å². The lowest BCUT2D eigenvalue weighted by molar-refractivity contribution is 0.363. The molecule has 0 aliphatic heterocycles. The molecule has 0 N–H and O–H groups in total. The van der Waals surface area contributed by atoms with Crippen LogP contribution in [0.4, 0.5) is 0 Å². The van der Waals surface area contributed by atoms with Gasteiger partial charge in [0, 0.05) is 0 Å². The standard InChI is InChI=1S/C11H13ClO/c1-4-5-13-11-7-9(3)8(2)6-10(11)12/h4,6-7H,1,5H2,2-3H3. The maximum absolute atomic E-state index is 5.98. The van der Waals surface area contributed by atoms with Crippen molar-refractivity contribution >= 4 is 11.6 Å². The molecule has 0 saturated heterocycles. The summed E-state index contributed by atoms with van der Waals surface area (Å²) in [6.07, 6.45) is 1.70. The molecular formula is C11H13ClO. The Balaban J connectivity index is 2.94. The fourth-order valence-electron chi connectivity index (χ4n) is 1.01. The minimum Gasteiger partial charge on any atom is -0.488 e.